The summed E-state index contributed by atoms with van der Waals surface area (Å²) in [6, 6.07) is 17.6. The second kappa shape index (κ2) is 18.6. The number of carbonyl (C=O) groups excluding carboxylic acids is 4. The lowest BCUT2D eigenvalue weighted by atomic mass is 9.96. The lowest BCUT2D eigenvalue weighted by Crippen LogP contribution is -2.50. The van der Waals surface area contributed by atoms with Crippen molar-refractivity contribution >= 4 is 46.2 Å². The van der Waals surface area contributed by atoms with Gasteiger partial charge in [0.05, 0.1) is 33.8 Å². The van der Waals surface area contributed by atoms with Gasteiger partial charge in [-0.3, -0.25) is 29.6 Å². The first-order valence-electron chi connectivity index (χ1n) is 20.7. The zero-order valence-electron chi connectivity index (χ0n) is 35.7. The number of nitrogens with zero attached hydrogens (tertiary/aromatic N) is 5. The molecular formula is C47H49F2N9O5. The van der Waals surface area contributed by atoms with Crippen molar-refractivity contribution in [1.82, 2.24) is 35.5 Å². The van der Waals surface area contributed by atoms with E-state index in [1.54, 1.807) is 19.9 Å². The van der Waals surface area contributed by atoms with E-state index in [1.807, 2.05) is 18.2 Å². The van der Waals surface area contributed by atoms with Crippen molar-refractivity contribution in [3.63, 3.8) is 0 Å². The van der Waals surface area contributed by atoms with Crippen LogP contribution >= 0.6 is 0 Å². The molecule has 3 aromatic carbocycles. The average molecular weight is 858 g/mol. The van der Waals surface area contributed by atoms with Crippen LogP contribution in [0.4, 0.5) is 25.0 Å². The van der Waals surface area contributed by atoms with E-state index in [1.165, 1.54) is 55.5 Å². The monoisotopic (exact) mass is 857 g/mol. The first kappa shape index (κ1) is 44.2. The second-order valence-electron chi connectivity index (χ2n) is 16.3. The summed E-state index contributed by atoms with van der Waals surface area (Å²) in [4.78, 5) is 70.1. The highest BCUT2D eigenvalue weighted by Crippen LogP contribution is 2.35. The normalized spacial score (nSPS) is 13.1. The number of anilines is 2. The molecule has 3 aromatic heterocycles. The minimum absolute atomic E-state index is 0.160. The van der Waals surface area contributed by atoms with Crippen LogP contribution in [0.5, 0.6) is 0 Å². The summed E-state index contributed by atoms with van der Waals surface area (Å²) < 4.78 is 30.1. The van der Waals surface area contributed by atoms with Gasteiger partial charge in [-0.2, -0.15) is 0 Å². The molecule has 1 aliphatic heterocycles. The van der Waals surface area contributed by atoms with E-state index in [0.717, 1.165) is 55.2 Å². The lowest BCUT2D eigenvalue weighted by molar-refractivity contribution is -0.120. The number of aromatic amines is 1. The maximum Gasteiger partial charge on any atom is 0.328 e. The Balaban J connectivity index is 0.920. The number of imide groups is 1. The van der Waals surface area contributed by atoms with Gasteiger partial charge in [0, 0.05) is 54.6 Å². The topological polar surface area (TPSA) is 186 Å². The molecule has 1 fully saturated rings. The quantitative estimate of drug-likeness (QED) is 0.0651. The highest BCUT2D eigenvalue weighted by Gasteiger charge is 2.27. The Bertz CT molecular complexity index is 2710. The molecule has 6 aromatic rings. The Hall–Kier alpha value is -6.91. The molecule has 1 saturated heterocycles. The number of halogens is 2. The number of unbranched alkanes of at least 4 members (excludes halogenated alkanes) is 2. The Kier molecular flexibility index (Phi) is 13.0. The standard InChI is InChI=1S/C47H49F2N9O5/c1-27-35(21-33(48)22-38(27)55-45(61)34-14-13-32(20-37(34)49)47(3,4)63)42-36-23-39(54-43(36)53-26-52-42)30-11-9-29(10-12-30)25-57(5)17-8-6-7-16-50-44(60)31-19-40(28(2)51-24-31)58-18-15-41(59)56-46(58)62/h9-14,19-24,26,63H,6-8,15-18,25H2,1-5H3,(H,50,60)(H,55,61)(H,52,53,54)(H,56,59,62). The van der Waals surface area contributed by atoms with Gasteiger partial charge in [0.2, 0.25) is 5.91 Å². The van der Waals surface area contributed by atoms with Gasteiger partial charge in [0.25, 0.3) is 11.8 Å². The molecule has 7 rings (SSSR count). The summed E-state index contributed by atoms with van der Waals surface area (Å²) in [6.07, 6.45) is 5.71. The number of carbonyl (C=O) groups is 4. The lowest BCUT2D eigenvalue weighted by Gasteiger charge is -2.27. The maximum absolute atomic E-state index is 15.1. The summed E-state index contributed by atoms with van der Waals surface area (Å²) in [6.45, 7) is 8.84. The number of fused-ring (bicyclic) bond motifs is 1. The van der Waals surface area contributed by atoms with Crippen molar-refractivity contribution in [1.29, 1.82) is 0 Å². The van der Waals surface area contributed by atoms with Crippen molar-refractivity contribution in [3.05, 3.63) is 124 Å². The molecule has 0 unspecified atom stereocenters. The van der Waals surface area contributed by atoms with Crippen LogP contribution in [-0.2, 0) is 16.9 Å². The van der Waals surface area contributed by atoms with Gasteiger partial charge >= 0.3 is 6.03 Å². The van der Waals surface area contributed by atoms with Crippen LogP contribution in [0.25, 0.3) is 33.5 Å². The van der Waals surface area contributed by atoms with Crippen molar-refractivity contribution in [2.45, 2.75) is 65.5 Å². The van der Waals surface area contributed by atoms with E-state index in [-0.39, 0.29) is 36.0 Å². The highest BCUT2D eigenvalue weighted by molar-refractivity contribution is 6.07. The van der Waals surface area contributed by atoms with Gasteiger partial charge in [-0.05, 0) is 113 Å². The zero-order chi connectivity index (χ0) is 45.0. The minimum Gasteiger partial charge on any atom is -0.386 e. The molecule has 14 nitrogen and oxygen atoms in total. The highest BCUT2D eigenvalue weighted by atomic mass is 19.1. The van der Waals surface area contributed by atoms with Crippen molar-refractivity contribution < 1.29 is 33.1 Å². The van der Waals surface area contributed by atoms with Crippen molar-refractivity contribution in [3.8, 4) is 22.5 Å². The number of pyridine rings is 1. The van der Waals surface area contributed by atoms with Crippen LogP contribution in [0, 0.1) is 25.5 Å². The molecule has 63 heavy (non-hydrogen) atoms. The van der Waals surface area contributed by atoms with Crippen LogP contribution in [0.1, 0.15) is 82.6 Å². The van der Waals surface area contributed by atoms with Gasteiger partial charge in [0.15, 0.2) is 0 Å². The van der Waals surface area contributed by atoms with Gasteiger partial charge in [-0.25, -0.2) is 23.5 Å². The van der Waals surface area contributed by atoms with Gasteiger partial charge in [-0.15, -0.1) is 0 Å². The number of hydrogen-bond acceptors (Lipinski definition) is 9. The SMILES string of the molecule is Cc1ncc(C(=O)NCCCCCN(C)Cc2ccc(-c3cc4c(-c5cc(F)cc(NC(=O)c6ccc(C(C)(C)O)cc6F)c5C)ncnc4[nH]3)cc2)cc1N1CCC(=O)NC1=O. The number of H-pyrrole nitrogens is 1. The van der Waals surface area contributed by atoms with Crippen molar-refractivity contribution in [2.24, 2.45) is 0 Å². The van der Waals surface area contributed by atoms with Gasteiger partial charge < -0.3 is 25.6 Å². The molecule has 0 radical (unpaired) electrons. The fourth-order valence-corrected chi connectivity index (χ4v) is 7.52. The number of aromatic nitrogens is 4. The number of urea groups is 1. The first-order valence-corrected chi connectivity index (χ1v) is 20.7. The van der Waals surface area contributed by atoms with E-state index in [0.29, 0.717) is 56.9 Å². The molecule has 326 valence electrons. The molecule has 1 aliphatic rings. The average Bonchev–Trinajstić information content (AvgIpc) is 3.68. The van der Waals surface area contributed by atoms with E-state index >= 15 is 4.39 Å². The number of hydrogen-bond donors (Lipinski definition) is 5. The third-order valence-corrected chi connectivity index (χ3v) is 11.1. The number of rotatable bonds is 15. The number of nitrogens with one attached hydrogen (secondary N) is 4. The van der Waals surface area contributed by atoms with Crippen LogP contribution in [-0.4, -0.2) is 80.4 Å². The molecule has 5 amide bonds. The van der Waals surface area contributed by atoms with E-state index < -0.39 is 29.2 Å². The fraction of sp³-hybridized carbons (Fsp3) is 0.298. The zero-order valence-corrected chi connectivity index (χ0v) is 35.7. The Morgan fingerprint density at radius 2 is 1.71 bits per heavy atom. The van der Waals surface area contributed by atoms with Crippen LogP contribution in [0.3, 0.4) is 0 Å². The number of aliphatic hydroxyl groups is 1. The molecule has 0 atom stereocenters. The largest absolute Gasteiger partial charge is 0.386 e. The molecule has 0 aliphatic carbocycles. The maximum atomic E-state index is 15.1. The van der Waals surface area contributed by atoms with Crippen LogP contribution < -0.4 is 20.9 Å². The summed E-state index contributed by atoms with van der Waals surface area (Å²) in [5, 5.41) is 18.8. The predicted molar refractivity (Wildman–Crippen MR) is 236 cm³/mol. The number of benzene rings is 3. The summed E-state index contributed by atoms with van der Waals surface area (Å²) >= 11 is 0. The van der Waals surface area contributed by atoms with E-state index in [9.17, 15) is 28.7 Å². The smallest absolute Gasteiger partial charge is 0.328 e. The third kappa shape index (κ3) is 10.2. The Labute approximate surface area is 363 Å². The van der Waals surface area contributed by atoms with Crippen molar-refractivity contribution in [2.75, 3.05) is 36.9 Å². The molecule has 5 N–H and O–H groups in total. The summed E-state index contributed by atoms with van der Waals surface area (Å²) in [7, 11) is 2.06. The predicted octanol–water partition coefficient (Wildman–Crippen LogP) is 7.54. The molecule has 0 bridgehead atoms. The number of aryl methyl sites for hydroxylation is 1. The summed E-state index contributed by atoms with van der Waals surface area (Å²) in [5.41, 5.74) is 5.17. The molecule has 4 heterocycles. The number of amides is 5. The second-order valence-corrected chi connectivity index (χ2v) is 16.3. The fourth-order valence-electron chi connectivity index (χ4n) is 7.52. The Morgan fingerprint density at radius 3 is 2.44 bits per heavy atom. The molecular weight excluding hydrogens is 809 g/mol. The van der Waals surface area contributed by atoms with Crippen LogP contribution in [0.15, 0.2) is 79.3 Å². The molecule has 0 spiro atoms. The van der Waals surface area contributed by atoms with Crippen LogP contribution in [0.2, 0.25) is 0 Å². The van der Waals surface area contributed by atoms with Gasteiger partial charge in [-0.1, -0.05) is 36.8 Å². The Morgan fingerprint density at radius 1 is 0.937 bits per heavy atom. The van der Waals surface area contributed by atoms with Gasteiger partial charge in [0.1, 0.15) is 23.6 Å². The summed E-state index contributed by atoms with van der Waals surface area (Å²) in [5.74, 6) is -2.79. The van der Waals surface area contributed by atoms with E-state index in [2.05, 4.69) is 60.0 Å². The molecule has 16 heteroatoms. The first-order chi connectivity index (χ1) is 30.0. The minimum atomic E-state index is -1.29. The third-order valence-electron chi connectivity index (χ3n) is 11.1. The van der Waals surface area contributed by atoms with E-state index in [4.69, 9.17) is 0 Å². The molecule has 0 saturated carbocycles.